The molecule has 0 aliphatic carbocycles. The fourth-order valence-corrected chi connectivity index (χ4v) is 2.65. The maximum Gasteiger partial charge on any atom is 0.435 e. The third kappa shape index (κ3) is 2.49. The fourth-order valence-electron chi connectivity index (χ4n) is 2.65. The monoisotopic (exact) mass is 319 g/mol. The van der Waals surface area contributed by atoms with Gasteiger partial charge in [-0.05, 0) is 24.3 Å². The van der Waals surface area contributed by atoms with Crippen LogP contribution in [0.15, 0.2) is 36.4 Å². The Hall–Kier alpha value is -2.64. The molecule has 0 atom stereocenters. The van der Waals surface area contributed by atoms with Crippen molar-refractivity contribution in [1.82, 2.24) is 20.2 Å². The molecule has 1 fully saturated rings. The highest BCUT2D eigenvalue weighted by molar-refractivity contribution is 5.75. The first-order valence-electron chi connectivity index (χ1n) is 7.11. The van der Waals surface area contributed by atoms with Crippen molar-refractivity contribution in [3.05, 3.63) is 47.9 Å². The molecule has 1 aromatic carbocycles. The van der Waals surface area contributed by atoms with Gasteiger partial charge in [0.05, 0.1) is 17.0 Å². The molecule has 0 spiro atoms. The summed E-state index contributed by atoms with van der Waals surface area (Å²) in [6, 6.07) is 10.1. The molecule has 0 radical (unpaired) electrons. The Morgan fingerprint density at radius 1 is 1.04 bits per heavy atom. The summed E-state index contributed by atoms with van der Waals surface area (Å²) in [6.45, 7) is 1.31. The van der Waals surface area contributed by atoms with Gasteiger partial charge in [-0.15, -0.1) is 10.2 Å². The van der Waals surface area contributed by atoms with Crippen molar-refractivity contribution in [2.24, 2.45) is 0 Å². The number of halogens is 3. The second-order valence-corrected chi connectivity index (χ2v) is 5.52. The maximum absolute atomic E-state index is 12.5. The van der Waals surface area contributed by atoms with E-state index in [2.05, 4.69) is 20.2 Å². The number of fused-ring (bicyclic) bond motifs is 1. The number of para-hydroxylation sites is 2. The Balaban J connectivity index is 1.46. The predicted octanol–water partition coefficient (Wildman–Crippen LogP) is 2.98. The quantitative estimate of drug-likeness (QED) is 0.789. The molecule has 0 amide bonds. The molecule has 0 unspecified atom stereocenters. The number of hydrogen-bond acceptors (Lipinski definition) is 4. The van der Waals surface area contributed by atoms with Crippen molar-refractivity contribution in [3.8, 4) is 0 Å². The Morgan fingerprint density at radius 2 is 1.83 bits per heavy atom. The van der Waals surface area contributed by atoms with Gasteiger partial charge in [0, 0.05) is 13.1 Å². The smallest absolute Gasteiger partial charge is 0.354 e. The highest BCUT2D eigenvalue weighted by Crippen LogP contribution is 2.31. The number of anilines is 1. The molecule has 1 N–H and O–H groups in total. The van der Waals surface area contributed by atoms with Gasteiger partial charge < -0.3 is 9.88 Å². The van der Waals surface area contributed by atoms with E-state index in [4.69, 9.17) is 0 Å². The van der Waals surface area contributed by atoms with Crippen LogP contribution in [0.3, 0.4) is 0 Å². The van der Waals surface area contributed by atoms with Crippen molar-refractivity contribution in [3.63, 3.8) is 0 Å². The van der Waals surface area contributed by atoms with E-state index in [9.17, 15) is 13.2 Å². The van der Waals surface area contributed by atoms with Crippen LogP contribution in [0.2, 0.25) is 0 Å². The Labute approximate surface area is 129 Å². The molecular weight excluding hydrogens is 307 g/mol. The van der Waals surface area contributed by atoms with Crippen LogP contribution in [-0.2, 0) is 6.18 Å². The third-order valence-electron chi connectivity index (χ3n) is 3.94. The van der Waals surface area contributed by atoms with Gasteiger partial charge in [-0.2, -0.15) is 13.2 Å². The fraction of sp³-hybridized carbons (Fsp3) is 0.267. The molecule has 8 heteroatoms. The minimum absolute atomic E-state index is 0.214. The van der Waals surface area contributed by atoms with Gasteiger partial charge in [-0.1, -0.05) is 12.1 Å². The van der Waals surface area contributed by atoms with Crippen molar-refractivity contribution >= 4 is 16.9 Å². The number of nitrogens with one attached hydrogen (secondary N) is 1. The van der Waals surface area contributed by atoms with Crippen molar-refractivity contribution in [2.45, 2.75) is 12.1 Å². The van der Waals surface area contributed by atoms with Crippen LogP contribution >= 0.6 is 0 Å². The first-order valence-corrected chi connectivity index (χ1v) is 7.11. The molecule has 3 aromatic rings. The topological polar surface area (TPSA) is 57.7 Å². The summed E-state index contributed by atoms with van der Waals surface area (Å²) in [7, 11) is 0. The first-order chi connectivity index (χ1) is 11.0. The molecule has 4 rings (SSSR count). The molecule has 5 nitrogen and oxygen atoms in total. The second kappa shape index (κ2) is 4.94. The highest BCUT2D eigenvalue weighted by Gasteiger charge is 2.35. The summed E-state index contributed by atoms with van der Waals surface area (Å²) in [5, 5.41) is 6.91. The number of imidazole rings is 1. The molecule has 0 bridgehead atoms. The zero-order valence-electron chi connectivity index (χ0n) is 11.9. The second-order valence-electron chi connectivity index (χ2n) is 5.52. The lowest BCUT2D eigenvalue weighted by Gasteiger charge is -2.38. The van der Waals surface area contributed by atoms with Gasteiger partial charge in [-0.3, -0.25) is 0 Å². The SMILES string of the molecule is FC(F)(F)c1ccc(N2CC(c3nc4ccccc4[nH]3)C2)nn1. The minimum atomic E-state index is -4.46. The number of nitrogens with zero attached hydrogens (tertiary/aromatic N) is 4. The summed E-state index contributed by atoms with van der Waals surface area (Å²) in [5.41, 5.74) is 0.918. The maximum atomic E-state index is 12.5. The average Bonchev–Trinajstić information content (AvgIpc) is 2.88. The zero-order valence-corrected chi connectivity index (χ0v) is 11.9. The first kappa shape index (κ1) is 14.0. The lowest BCUT2D eigenvalue weighted by Crippen LogP contribution is -2.46. The van der Waals surface area contributed by atoms with Gasteiger partial charge in [0.15, 0.2) is 11.5 Å². The van der Waals surface area contributed by atoms with Crippen LogP contribution in [0.5, 0.6) is 0 Å². The molecule has 0 saturated carbocycles. The van der Waals surface area contributed by atoms with E-state index < -0.39 is 11.9 Å². The van der Waals surface area contributed by atoms with Gasteiger partial charge in [0.1, 0.15) is 5.82 Å². The molecule has 1 aliphatic heterocycles. The standard InChI is InChI=1S/C15H12F3N5/c16-15(17,18)12-5-6-13(22-21-12)23-7-9(8-23)14-19-10-3-1-2-4-11(10)20-14/h1-6,9H,7-8H2,(H,19,20). The number of alkyl halides is 3. The van der Waals surface area contributed by atoms with Crippen molar-refractivity contribution < 1.29 is 13.2 Å². The summed E-state index contributed by atoms with van der Waals surface area (Å²) in [4.78, 5) is 9.70. The van der Waals surface area contributed by atoms with Crippen LogP contribution in [0.4, 0.5) is 19.0 Å². The Bertz CT molecular complexity index is 801. The minimum Gasteiger partial charge on any atom is -0.354 e. The zero-order chi connectivity index (χ0) is 16.0. The van der Waals surface area contributed by atoms with Crippen molar-refractivity contribution in [2.75, 3.05) is 18.0 Å². The van der Waals surface area contributed by atoms with Crippen LogP contribution in [0.25, 0.3) is 11.0 Å². The van der Waals surface area contributed by atoms with Crippen LogP contribution in [0, 0.1) is 0 Å². The van der Waals surface area contributed by atoms with Crippen LogP contribution in [0.1, 0.15) is 17.4 Å². The number of aromatic nitrogens is 4. The lowest BCUT2D eigenvalue weighted by molar-refractivity contribution is -0.141. The van der Waals surface area contributed by atoms with E-state index in [1.165, 1.54) is 6.07 Å². The van der Waals surface area contributed by atoms with E-state index >= 15 is 0 Å². The van der Waals surface area contributed by atoms with Gasteiger partial charge in [-0.25, -0.2) is 4.98 Å². The summed E-state index contributed by atoms with van der Waals surface area (Å²) >= 11 is 0. The normalized spacial score (nSPS) is 15.9. The molecule has 1 saturated heterocycles. The number of aromatic amines is 1. The molecular formula is C15H12F3N5. The van der Waals surface area contributed by atoms with Gasteiger partial charge >= 0.3 is 6.18 Å². The third-order valence-corrected chi connectivity index (χ3v) is 3.94. The Morgan fingerprint density at radius 3 is 2.48 bits per heavy atom. The number of rotatable bonds is 2. The highest BCUT2D eigenvalue weighted by atomic mass is 19.4. The molecule has 2 aromatic heterocycles. The predicted molar refractivity (Wildman–Crippen MR) is 78.1 cm³/mol. The summed E-state index contributed by atoms with van der Waals surface area (Å²) < 4.78 is 37.4. The lowest BCUT2D eigenvalue weighted by atomic mass is 9.99. The van der Waals surface area contributed by atoms with Crippen molar-refractivity contribution in [1.29, 1.82) is 0 Å². The number of benzene rings is 1. The van der Waals surface area contributed by atoms with Gasteiger partial charge in [0.25, 0.3) is 0 Å². The summed E-state index contributed by atoms with van der Waals surface area (Å²) in [6.07, 6.45) is -4.46. The molecule has 118 valence electrons. The van der Waals surface area contributed by atoms with E-state index in [0.717, 1.165) is 22.9 Å². The molecule has 3 heterocycles. The summed E-state index contributed by atoms with van der Waals surface area (Å²) in [5.74, 6) is 1.55. The van der Waals surface area contributed by atoms with E-state index in [-0.39, 0.29) is 5.92 Å². The Kier molecular flexibility index (Phi) is 3.00. The average molecular weight is 319 g/mol. The van der Waals surface area contributed by atoms with Gasteiger partial charge in [0.2, 0.25) is 0 Å². The van der Waals surface area contributed by atoms with Crippen LogP contribution < -0.4 is 4.90 Å². The van der Waals surface area contributed by atoms with E-state index in [1.807, 2.05) is 29.2 Å². The number of H-pyrrole nitrogens is 1. The van der Waals surface area contributed by atoms with Crippen LogP contribution in [-0.4, -0.2) is 33.3 Å². The molecule has 1 aliphatic rings. The largest absolute Gasteiger partial charge is 0.435 e. The number of hydrogen-bond donors (Lipinski definition) is 1. The van der Waals surface area contributed by atoms with E-state index in [1.54, 1.807) is 0 Å². The van der Waals surface area contributed by atoms with E-state index in [0.29, 0.717) is 18.9 Å². The molecule has 23 heavy (non-hydrogen) atoms.